The van der Waals surface area contributed by atoms with Gasteiger partial charge in [0, 0.05) is 35.1 Å². The Balaban J connectivity index is 1.61. The van der Waals surface area contributed by atoms with Gasteiger partial charge in [-0.25, -0.2) is 0 Å². The zero-order valence-corrected chi connectivity index (χ0v) is 11.9. The van der Waals surface area contributed by atoms with E-state index in [2.05, 4.69) is 34.2 Å². The number of hydrogen-bond donors (Lipinski definition) is 0. The molecule has 100 valence electrons. The van der Waals surface area contributed by atoms with Crippen molar-refractivity contribution in [2.24, 2.45) is 5.92 Å². The minimum Gasteiger partial charge on any atom is -0.349 e. The van der Waals surface area contributed by atoms with E-state index in [0.29, 0.717) is 11.7 Å². The lowest BCUT2D eigenvalue weighted by atomic mass is 10.1. The molecule has 0 unspecified atom stereocenters. The number of carbonyl (C=O) groups is 1. The van der Waals surface area contributed by atoms with Crippen LogP contribution in [-0.4, -0.2) is 10.4 Å². The molecule has 0 saturated heterocycles. The SMILES string of the molecule is O=C(c1ccn(Cc2csc3ccccc23)c1)C1CC1. The number of benzene rings is 1. The van der Waals surface area contributed by atoms with Crippen molar-refractivity contribution in [2.75, 3.05) is 0 Å². The Morgan fingerprint density at radius 3 is 2.95 bits per heavy atom. The van der Waals surface area contributed by atoms with Crippen molar-refractivity contribution in [3.8, 4) is 0 Å². The van der Waals surface area contributed by atoms with Crippen LogP contribution in [0.2, 0.25) is 0 Å². The summed E-state index contributed by atoms with van der Waals surface area (Å²) in [5.74, 6) is 0.617. The zero-order chi connectivity index (χ0) is 13.5. The van der Waals surface area contributed by atoms with Crippen LogP contribution in [0, 0.1) is 5.92 Å². The maximum Gasteiger partial charge on any atom is 0.167 e. The molecule has 0 amide bonds. The Morgan fingerprint density at radius 2 is 2.10 bits per heavy atom. The van der Waals surface area contributed by atoms with Crippen molar-refractivity contribution >= 4 is 27.2 Å². The zero-order valence-electron chi connectivity index (χ0n) is 11.1. The summed E-state index contributed by atoms with van der Waals surface area (Å²) in [6, 6.07) is 10.4. The summed E-state index contributed by atoms with van der Waals surface area (Å²) in [7, 11) is 0. The quantitative estimate of drug-likeness (QED) is 0.652. The van der Waals surface area contributed by atoms with Crippen molar-refractivity contribution in [3.63, 3.8) is 0 Å². The van der Waals surface area contributed by atoms with E-state index in [4.69, 9.17) is 0 Å². The highest BCUT2D eigenvalue weighted by Gasteiger charge is 2.30. The third kappa shape index (κ3) is 2.08. The largest absolute Gasteiger partial charge is 0.349 e. The summed E-state index contributed by atoms with van der Waals surface area (Å²) in [5, 5.41) is 3.54. The monoisotopic (exact) mass is 281 g/mol. The van der Waals surface area contributed by atoms with Crippen LogP contribution in [0.15, 0.2) is 48.1 Å². The van der Waals surface area contributed by atoms with Crippen molar-refractivity contribution in [1.82, 2.24) is 4.57 Å². The Labute approximate surface area is 121 Å². The summed E-state index contributed by atoms with van der Waals surface area (Å²) in [5.41, 5.74) is 2.19. The second kappa shape index (κ2) is 4.60. The van der Waals surface area contributed by atoms with Gasteiger partial charge < -0.3 is 4.57 Å². The minimum absolute atomic E-state index is 0.299. The number of hydrogen-bond acceptors (Lipinski definition) is 2. The van der Waals surface area contributed by atoms with Crippen LogP contribution >= 0.6 is 11.3 Å². The molecule has 0 aliphatic heterocycles. The van der Waals surface area contributed by atoms with Crippen molar-refractivity contribution in [2.45, 2.75) is 19.4 Å². The third-order valence-electron chi connectivity index (χ3n) is 3.90. The van der Waals surface area contributed by atoms with E-state index in [1.165, 1.54) is 15.6 Å². The number of carbonyl (C=O) groups excluding carboxylic acids is 1. The number of nitrogens with zero attached hydrogens (tertiary/aromatic N) is 1. The van der Waals surface area contributed by atoms with Gasteiger partial charge in [-0.05, 0) is 41.3 Å². The van der Waals surface area contributed by atoms with Crippen LogP contribution in [0.5, 0.6) is 0 Å². The Hall–Kier alpha value is -1.87. The van der Waals surface area contributed by atoms with Gasteiger partial charge >= 0.3 is 0 Å². The van der Waals surface area contributed by atoms with Gasteiger partial charge in [-0.15, -0.1) is 11.3 Å². The van der Waals surface area contributed by atoms with Crippen LogP contribution in [0.3, 0.4) is 0 Å². The van der Waals surface area contributed by atoms with Crippen molar-refractivity contribution < 1.29 is 4.79 Å². The summed E-state index contributed by atoms with van der Waals surface area (Å²) < 4.78 is 3.44. The Kier molecular flexibility index (Phi) is 2.74. The van der Waals surface area contributed by atoms with Crippen LogP contribution < -0.4 is 0 Å². The molecule has 0 radical (unpaired) electrons. The topological polar surface area (TPSA) is 22.0 Å². The van der Waals surface area contributed by atoms with Gasteiger partial charge in [-0.2, -0.15) is 0 Å². The standard InChI is InChI=1S/C17H15NOS/c19-17(12-5-6-12)13-7-8-18(9-13)10-14-11-20-16-4-2-1-3-15(14)16/h1-4,7-9,11-12H,5-6,10H2. The maximum atomic E-state index is 12.0. The number of aromatic nitrogens is 1. The summed E-state index contributed by atoms with van der Waals surface area (Å²) in [6.45, 7) is 0.835. The number of Topliss-reactive ketones (excluding diaryl/α,β-unsaturated/α-hetero) is 1. The molecule has 0 spiro atoms. The lowest BCUT2D eigenvalue weighted by molar-refractivity contribution is 0.0967. The predicted molar refractivity (Wildman–Crippen MR) is 82.4 cm³/mol. The highest BCUT2D eigenvalue weighted by molar-refractivity contribution is 7.17. The van der Waals surface area contributed by atoms with Gasteiger partial charge in [0.2, 0.25) is 0 Å². The molecular weight excluding hydrogens is 266 g/mol. The lowest BCUT2D eigenvalue weighted by Crippen LogP contribution is -2.00. The van der Waals surface area contributed by atoms with Crippen molar-refractivity contribution in [1.29, 1.82) is 0 Å². The summed E-state index contributed by atoms with van der Waals surface area (Å²) in [6.07, 6.45) is 6.15. The number of thiophene rings is 1. The maximum absolute atomic E-state index is 12.0. The van der Waals surface area contributed by atoms with E-state index in [1.54, 1.807) is 11.3 Å². The van der Waals surface area contributed by atoms with Gasteiger partial charge in [0.05, 0.1) is 0 Å². The molecule has 3 aromatic rings. The van der Waals surface area contributed by atoms with Gasteiger partial charge in [-0.1, -0.05) is 18.2 Å². The molecule has 1 fully saturated rings. The van der Waals surface area contributed by atoms with E-state index >= 15 is 0 Å². The van der Waals surface area contributed by atoms with Gasteiger partial charge in [0.15, 0.2) is 5.78 Å². The molecular formula is C17H15NOS. The number of ketones is 1. The Morgan fingerprint density at radius 1 is 1.25 bits per heavy atom. The molecule has 20 heavy (non-hydrogen) atoms. The molecule has 3 heteroatoms. The first-order valence-electron chi connectivity index (χ1n) is 6.96. The first kappa shape index (κ1) is 11.9. The average Bonchev–Trinajstić information content (AvgIpc) is 3.10. The van der Waals surface area contributed by atoms with Crippen molar-refractivity contribution in [3.05, 3.63) is 59.2 Å². The van der Waals surface area contributed by atoms with Crippen LogP contribution in [-0.2, 0) is 6.54 Å². The number of rotatable bonds is 4. The van der Waals surface area contributed by atoms with E-state index in [-0.39, 0.29) is 0 Å². The molecule has 0 atom stereocenters. The molecule has 0 bridgehead atoms. The van der Waals surface area contributed by atoms with E-state index in [9.17, 15) is 4.79 Å². The van der Waals surface area contributed by atoms with Gasteiger partial charge in [0.1, 0.15) is 0 Å². The van der Waals surface area contributed by atoms with Gasteiger partial charge in [0.25, 0.3) is 0 Å². The highest BCUT2D eigenvalue weighted by atomic mass is 32.1. The second-order valence-electron chi connectivity index (χ2n) is 5.47. The third-order valence-corrected chi connectivity index (χ3v) is 4.91. The van der Waals surface area contributed by atoms with Crippen LogP contribution in [0.1, 0.15) is 28.8 Å². The molecule has 1 aromatic carbocycles. The lowest BCUT2D eigenvalue weighted by Gasteiger charge is -2.01. The van der Waals surface area contributed by atoms with Gasteiger partial charge in [-0.3, -0.25) is 4.79 Å². The van der Waals surface area contributed by atoms with E-state index < -0.39 is 0 Å². The van der Waals surface area contributed by atoms with E-state index in [1.807, 2.05) is 18.5 Å². The normalized spacial score (nSPS) is 14.8. The highest BCUT2D eigenvalue weighted by Crippen LogP contribution is 2.33. The predicted octanol–water partition coefficient (Wildman–Crippen LogP) is 4.34. The van der Waals surface area contributed by atoms with Crippen LogP contribution in [0.4, 0.5) is 0 Å². The number of fused-ring (bicyclic) bond motifs is 1. The fourth-order valence-electron chi connectivity index (χ4n) is 2.62. The second-order valence-corrected chi connectivity index (χ2v) is 6.38. The molecule has 2 nitrogen and oxygen atoms in total. The fourth-order valence-corrected chi connectivity index (χ4v) is 3.57. The molecule has 2 heterocycles. The van der Waals surface area contributed by atoms with E-state index in [0.717, 1.165) is 24.9 Å². The Bertz CT molecular complexity index is 779. The van der Waals surface area contributed by atoms with Crippen LogP contribution in [0.25, 0.3) is 10.1 Å². The molecule has 0 N–H and O–H groups in total. The molecule has 1 aliphatic rings. The molecule has 4 rings (SSSR count). The first-order valence-corrected chi connectivity index (χ1v) is 7.84. The molecule has 2 aromatic heterocycles. The summed E-state index contributed by atoms with van der Waals surface area (Å²) in [4.78, 5) is 12.0. The first-order chi connectivity index (χ1) is 9.81. The summed E-state index contributed by atoms with van der Waals surface area (Å²) >= 11 is 1.78. The minimum atomic E-state index is 0.299. The molecule has 1 aliphatic carbocycles. The molecule has 1 saturated carbocycles. The average molecular weight is 281 g/mol. The fraction of sp³-hybridized carbons (Fsp3) is 0.235. The smallest absolute Gasteiger partial charge is 0.167 e.